The van der Waals surface area contributed by atoms with E-state index in [-0.39, 0.29) is 5.54 Å². The van der Waals surface area contributed by atoms with Gasteiger partial charge in [-0.2, -0.15) is 0 Å². The van der Waals surface area contributed by atoms with Gasteiger partial charge in [-0.05, 0) is 42.3 Å². The number of methoxy groups -OCH3 is 1. The first-order chi connectivity index (χ1) is 8.65. The summed E-state index contributed by atoms with van der Waals surface area (Å²) in [7, 11) is 1.62. The lowest BCUT2D eigenvalue weighted by molar-refractivity contribution is 0.414. The zero-order valence-electron chi connectivity index (χ0n) is 10.4. The quantitative estimate of drug-likeness (QED) is 0.828. The number of hydrogen-bond acceptors (Lipinski definition) is 5. The summed E-state index contributed by atoms with van der Waals surface area (Å²) >= 11 is 0. The number of nitrogens with zero attached hydrogens (tertiary/aromatic N) is 4. The molecule has 0 unspecified atom stereocenters. The summed E-state index contributed by atoms with van der Waals surface area (Å²) in [5.41, 5.74) is 7.43. The van der Waals surface area contributed by atoms with E-state index in [1.54, 1.807) is 7.11 Å². The number of rotatable bonds is 3. The van der Waals surface area contributed by atoms with Crippen molar-refractivity contribution >= 4 is 5.69 Å². The Kier molecular flexibility index (Phi) is 2.26. The molecule has 0 radical (unpaired) electrons. The molecule has 0 amide bonds. The summed E-state index contributed by atoms with van der Waals surface area (Å²) in [5, 5.41) is 12.0. The summed E-state index contributed by atoms with van der Waals surface area (Å²) in [6.45, 7) is 2.14. The van der Waals surface area contributed by atoms with Gasteiger partial charge in [0.15, 0.2) is 5.82 Å². The third-order valence-corrected chi connectivity index (χ3v) is 3.46. The van der Waals surface area contributed by atoms with Gasteiger partial charge in [0.05, 0.1) is 18.2 Å². The molecule has 0 spiro atoms. The Bertz CT molecular complexity index is 588. The number of aromatic nitrogens is 4. The van der Waals surface area contributed by atoms with Gasteiger partial charge >= 0.3 is 0 Å². The minimum absolute atomic E-state index is 0.0200. The van der Waals surface area contributed by atoms with Crippen LogP contribution < -0.4 is 10.5 Å². The van der Waals surface area contributed by atoms with Crippen molar-refractivity contribution in [2.75, 3.05) is 12.8 Å². The predicted octanol–water partition coefficient (Wildman–Crippen LogP) is 1.44. The highest BCUT2D eigenvalue weighted by Crippen LogP contribution is 2.45. The normalized spacial score (nSPS) is 16.6. The third-order valence-electron chi connectivity index (χ3n) is 3.46. The molecule has 6 nitrogen and oxygen atoms in total. The van der Waals surface area contributed by atoms with Crippen molar-refractivity contribution in [3.63, 3.8) is 0 Å². The van der Waals surface area contributed by atoms with Crippen LogP contribution in [-0.4, -0.2) is 27.3 Å². The lowest BCUT2D eigenvalue weighted by atomic mass is 10.1. The number of nitrogen functional groups attached to an aromatic ring is 1. The minimum Gasteiger partial charge on any atom is -0.496 e. The molecule has 1 heterocycles. The number of hydrogen-bond donors (Lipinski definition) is 1. The topological polar surface area (TPSA) is 78.8 Å². The number of tetrazole rings is 1. The third kappa shape index (κ3) is 1.53. The van der Waals surface area contributed by atoms with Crippen molar-refractivity contribution in [3.05, 3.63) is 18.2 Å². The van der Waals surface area contributed by atoms with Gasteiger partial charge in [0.2, 0.25) is 0 Å². The van der Waals surface area contributed by atoms with Crippen molar-refractivity contribution in [1.29, 1.82) is 0 Å². The van der Waals surface area contributed by atoms with Crippen molar-refractivity contribution in [3.8, 4) is 17.1 Å². The first-order valence-electron chi connectivity index (χ1n) is 5.87. The maximum atomic E-state index is 6.03. The van der Waals surface area contributed by atoms with Gasteiger partial charge in [0.1, 0.15) is 5.75 Å². The zero-order chi connectivity index (χ0) is 12.8. The van der Waals surface area contributed by atoms with Crippen LogP contribution in [0.2, 0.25) is 0 Å². The fourth-order valence-electron chi connectivity index (χ4n) is 2.06. The van der Waals surface area contributed by atoms with Gasteiger partial charge < -0.3 is 10.5 Å². The zero-order valence-corrected chi connectivity index (χ0v) is 10.4. The van der Waals surface area contributed by atoms with Crippen molar-refractivity contribution < 1.29 is 4.74 Å². The van der Waals surface area contributed by atoms with Crippen LogP contribution in [0.5, 0.6) is 5.75 Å². The van der Waals surface area contributed by atoms with Gasteiger partial charge in [-0.1, -0.05) is 6.07 Å². The molecule has 1 aromatic heterocycles. The molecule has 0 bridgehead atoms. The summed E-state index contributed by atoms with van der Waals surface area (Å²) in [4.78, 5) is 0. The molecule has 3 rings (SSSR count). The average Bonchev–Trinajstić information content (AvgIpc) is 2.93. The standard InChI is InChI=1S/C12H15N5O/c1-12(6-7-12)17-11(14-15-16-17)10-8(13)4-3-5-9(10)18-2/h3-5H,6-7,13H2,1-2H3. The first-order valence-corrected chi connectivity index (χ1v) is 5.87. The Morgan fingerprint density at radius 1 is 1.39 bits per heavy atom. The molecule has 1 aliphatic carbocycles. The fraction of sp³-hybridized carbons (Fsp3) is 0.417. The second-order valence-corrected chi connectivity index (χ2v) is 4.84. The maximum Gasteiger partial charge on any atom is 0.188 e. The van der Waals surface area contributed by atoms with Crippen LogP contribution in [0.15, 0.2) is 18.2 Å². The monoisotopic (exact) mass is 245 g/mol. The Morgan fingerprint density at radius 3 is 2.83 bits per heavy atom. The molecule has 1 saturated carbocycles. The predicted molar refractivity (Wildman–Crippen MR) is 67.1 cm³/mol. The van der Waals surface area contributed by atoms with Crippen LogP contribution in [0.3, 0.4) is 0 Å². The van der Waals surface area contributed by atoms with E-state index >= 15 is 0 Å². The van der Waals surface area contributed by atoms with E-state index in [0.717, 1.165) is 18.4 Å². The second kappa shape index (κ2) is 3.69. The van der Waals surface area contributed by atoms with Crippen LogP contribution in [-0.2, 0) is 5.54 Å². The van der Waals surface area contributed by atoms with E-state index in [9.17, 15) is 0 Å². The molecule has 2 aromatic rings. The van der Waals surface area contributed by atoms with Gasteiger partial charge in [-0.15, -0.1) is 5.10 Å². The van der Waals surface area contributed by atoms with Crippen molar-refractivity contribution in [2.24, 2.45) is 0 Å². The van der Waals surface area contributed by atoms with E-state index in [0.29, 0.717) is 17.3 Å². The smallest absolute Gasteiger partial charge is 0.188 e. The van der Waals surface area contributed by atoms with Crippen LogP contribution in [0.4, 0.5) is 5.69 Å². The number of anilines is 1. The van der Waals surface area contributed by atoms with Crippen LogP contribution in [0, 0.1) is 0 Å². The van der Waals surface area contributed by atoms with Gasteiger partial charge in [-0.25, -0.2) is 4.68 Å². The van der Waals surface area contributed by atoms with Gasteiger partial charge in [0.25, 0.3) is 0 Å². The number of ether oxygens (including phenoxy) is 1. The molecule has 0 saturated heterocycles. The van der Waals surface area contributed by atoms with E-state index in [1.165, 1.54) is 0 Å². The highest BCUT2D eigenvalue weighted by Gasteiger charge is 2.43. The van der Waals surface area contributed by atoms with E-state index in [4.69, 9.17) is 10.5 Å². The molecule has 2 N–H and O–H groups in total. The summed E-state index contributed by atoms with van der Waals surface area (Å²) < 4.78 is 7.20. The summed E-state index contributed by atoms with van der Waals surface area (Å²) in [5.74, 6) is 1.36. The fourth-order valence-corrected chi connectivity index (χ4v) is 2.06. The van der Waals surface area contributed by atoms with E-state index in [1.807, 2.05) is 22.9 Å². The highest BCUT2D eigenvalue weighted by atomic mass is 16.5. The molecule has 0 atom stereocenters. The SMILES string of the molecule is COc1cccc(N)c1-c1nnnn1C1(C)CC1. The Labute approximate surface area is 105 Å². The largest absolute Gasteiger partial charge is 0.496 e. The van der Waals surface area contributed by atoms with Crippen molar-refractivity contribution in [1.82, 2.24) is 20.2 Å². The van der Waals surface area contributed by atoms with Crippen LogP contribution in [0.1, 0.15) is 19.8 Å². The van der Waals surface area contributed by atoms with E-state index in [2.05, 4.69) is 22.4 Å². The molecule has 94 valence electrons. The lowest BCUT2D eigenvalue weighted by Gasteiger charge is -2.14. The molecule has 1 fully saturated rings. The Balaban J connectivity index is 2.19. The van der Waals surface area contributed by atoms with E-state index < -0.39 is 0 Å². The Morgan fingerprint density at radius 2 is 2.17 bits per heavy atom. The van der Waals surface area contributed by atoms with Gasteiger partial charge in [0, 0.05) is 5.69 Å². The van der Waals surface area contributed by atoms with Crippen LogP contribution >= 0.6 is 0 Å². The molecule has 1 aromatic carbocycles. The van der Waals surface area contributed by atoms with Crippen molar-refractivity contribution in [2.45, 2.75) is 25.3 Å². The minimum atomic E-state index is 0.0200. The molecular weight excluding hydrogens is 230 g/mol. The summed E-state index contributed by atoms with van der Waals surface area (Å²) in [6.07, 6.45) is 2.17. The second-order valence-electron chi connectivity index (χ2n) is 4.84. The number of benzene rings is 1. The van der Waals surface area contributed by atoms with Gasteiger partial charge in [-0.3, -0.25) is 0 Å². The maximum absolute atomic E-state index is 6.03. The Hall–Kier alpha value is -2.11. The molecule has 18 heavy (non-hydrogen) atoms. The average molecular weight is 245 g/mol. The molecule has 0 aliphatic heterocycles. The molecule has 1 aliphatic rings. The van der Waals surface area contributed by atoms with Crippen LogP contribution in [0.25, 0.3) is 11.4 Å². The molecular formula is C12H15N5O. The number of nitrogens with two attached hydrogens (primary N) is 1. The lowest BCUT2D eigenvalue weighted by Crippen LogP contribution is -2.16. The summed E-state index contributed by atoms with van der Waals surface area (Å²) in [6, 6.07) is 5.54. The first kappa shape index (κ1) is 11.0. The highest BCUT2D eigenvalue weighted by molar-refractivity contribution is 5.77. The molecule has 6 heteroatoms.